The van der Waals surface area contributed by atoms with E-state index in [0.29, 0.717) is 26.3 Å². The molecule has 2 amide bonds. The minimum absolute atomic E-state index is 0.240. The van der Waals surface area contributed by atoms with Crippen molar-refractivity contribution >= 4 is 12.0 Å². The summed E-state index contributed by atoms with van der Waals surface area (Å²) in [5.74, 6) is -1.05. The SMILES string of the molecule is CCN(CCOCc1ccccc1)C(=O)N[C@@H](Cc1ccccc1)C(=O)O. The van der Waals surface area contributed by atoms with E-state index in [1.165, 1.54) is 0 Å². The Labute approximate surface area is 159 Å². The summed E-state index contributed by atoms with van der Waals surface area (Å²) in [5, 5.41) is 12.0. The lowest BCUT2D eigenvalue weighted by Gasteiger charge is -2.24. The van der Waals surface area contributed by atoms with E-state index in [0.717, 1.165) is 11.1 Å². The first kappa shape index (κ1) is 20.5. The van der Waals surface area contributed by atoms with Gasteiger partial charge in [-0.25, -0.2) is 9.59 Å². The molecule has 0 spiro atoms. The number of ether oxygens (including phenoxy) is 1. The molecular formula is C21H26N2O4. The van der Waals surface area contributed by atoms with Gasteiger partial charge in [0.1, 0.15) is 6.04 Å². The van der Waals surface area contributed by atoms with Crippen molar-refractivity contribution in [1.82, 2.24) is 10.2 Å². The first-order chi connectivity index (χ1) is 13.1. The maximum atomic E-state index is 12.4. The van der Waals surface area contributed by atoms with Gasteiger partial charge in [0.15, 0.2) is 0 Å². The van der Waals surface area contributed by atoms with Gasteiger partial charge in [-0.1, -0.05) is 60.7 Å². The Morgan fingerprint density at radius 3 is 2.19 bits per heavy atom. The number of aliphatic carboxylic acids is 1. The van der Waals surface area contributed by atoms with E-state index in [4.69, 9.17) is 4.74 Å². The van der Waals surface area contributed by atoms with Crippen LogP contribution in [-0.4, -0.2) is 47.7 Å². The molecule has 1 atom stereocenters. The number of hydrogen-bond acceptors (Lipinski definition) is 3. The second-order valence-corrected chi connectivity index (χ2v) is 6.15. The highest BCUT2D eigenvalue weighted by molar-refractivity contribution is 5.82. The summed E-state index contributed by atoms with van der Waals surface area (Å²) < 4.78 is 5.61. The average Bonchev–Trinajstić information content (AvgIpc) is 2.69. The molecule has 0 aliphatic heterocycles. The third-order valence-electron chi connectivity index (χ3n) is 4.16. The summed E-state index contributed by atoms with van der Waals surface area (Å²) in [5.41, 5.74) is 1.93. The van der Waals surface area contributed by atoms with Crippen LogP contribution in [0.2, 0.25) is 0 Å². The van der Waals surface area contributed by atoms with Gasteiger partial charge in [0.25, 0.3) is 0 Å². The van der Waals surface area contributed by atoms with Crippen molar-refractivity contribution in [3.8, 4) is 0 Å². The number of carbonyl (C=O) groups is 2. The van der Waals surface area contributed by atoms with Crippen LogP contribution in [0.4, 0.5) is 4.79 Å². The van der Waals surface area contributed by atoms with Gasteiger partial charge in [0.2, 0.25) is 0 Å². The molecule has 6 nitrogen and oxygen atoms in total. The van der Waals surface area contributed by atoms with Crippen LogP contribution in [0, 0.1) is 0 Å². The van der Waals surface area contributed by atoms with E-state index >= 15 is 0 Å². The molecular weight excluding hydrogens is 344 g/mol. The van der Waals surface area contributed by atoms with Crippen LogP contribution < -0.4 is 5.32 Å². The third-order valence-corrected chi connectivity index (χ3v) is 4.16. The van der Waals surface area contributed by atoms with E-state index < -0.39 is 18.0 Å². The van der Waals surface area contributed by atoms with Crippen LogP contribution in [-0.2, 0) is 22.6 Å². The largest absolute Gasteiger partial charge is 0.480 e. The van der Waals surface area contributed by atoms with Crippen molar-refractivity contribution in [2.45, 2.75) is 26.0 Å². The van der Waals surface area contributed by atoms with Crippen molar-refractivity contribution < 1.29 is 19.4 Å². The van der Waals surface area contributed by atoms with Crippen LogP contribution in [0.25, 0.3) is 0 Å². The summed E-state index contributed by atoms with van der Waals surface area (Å²) in [7, 11) is 0. The first-order valence-electron chi connectivity index (χ1n) is 9.04. The van der Waals surface area contributed by atoms with Crippen molar-refractivity contribution in [2.75, 3.05) is 19.7 Å². The van der Waals surface area contributed by atoms with Crippen molar-refractivity contribution in [2.24, 2.45) is 0 Å². The summed E-state index contributed by atoms with van der Waals surface area (Å²) >= 11 is 0. The predicted molar refractivity (Wildman–Crippen MR) is 103 cm³/mol. The number of amides is 2. The van der Waals surface area contributed by atoms with Crippen LogP contribution in [0.1, 0.15) is 18.1 Å². The Balaban J connectivity index is 1.81. The molecule has 2 rings (SSSR count). The second-order valence-electron chi connectivity index (χ2n) is 6.15. The molecule has 0 aliphatic rings. The van der Waals surface area contributed by atoms with Gasteiger partial charge in [0, 0.05) is 19.5 Å². The monoisotopic (exact) mass is 370 g/mol. The number of carboxylic acids is 1. The number of rotatable bonds is 10. The van der Waals surface area contributed by atoms with E-state index in [1.807, 2.05) is 67.6 Å². The Hall–Kier alpha value is -2.86. The number of carbonyl (C=O) groups excluding carboxylic acids is 1. The maximum absolute atomic E-state index is 12.4. The normalized spacial score (nSPS) is 11.6. The third kappa shape index (κ3) is 7.11. The van der Waals surface area contributed by atoms with E-state index in [9.17, 15) is 14.7 Å². The van der Waals surface area contributed by atoms with Gasteiger partial charge >= 0.3 is 12.0 Å². The van der Waals surface area contributed by atoms with Crippen LogP contribution in [0.3, 0.4) is 0 Å². The predicted octanol–water partition coefficient (Wildman–Crippen LogP) is 2.93. The molecule has 27 heavy (non-hydrogen) atoms. The fourth-order valence-corrected chi connectivity index (χ4v) is 2.63. The fourth-order valence-electron chi connectivity index (χ4n) is 2.63. The number of urea groups is 1. The Morgan fingerprint density at radius 1 is 1.04 bits per heavy atom. The van der Waals surface area contributed by atoms with E-state index in [1.54, 1.807) is 4.90 Å². The zero-order valence-electron chi connectivity index (χ0n) is 15.5. The fraction of sp³-hybridized carbons (Fsp3) is 0.333. The molecule has 0 bridgehead atoms. The van der Waals surface area contributed by atoms with Gasteiger partial charge in [-0.2, -0.15) is 0 Å². The lowest BCUT2D eigenvalue weighted by atomic mass is 10.1. The molecule has 0 saturated carbocycles. The lowest BCUT2D eigenvalue weighted by molar-refractivity contribution is -0.139. The molecule has 2 aromatic rings. The maximum Gasteiger partial charge on any atom is 0.326 e. The minimum Gasteiger partial charge on any atom is -0.480 e. The number of carboxylic acid groups (broad SMARTS) is 1. The Morgan fingerprint density at radius 2 is 1.63 bits per heavy atom. The minimum atomic E-state index is -1.05. The van der Waals surface area contributed by atoms with E-state index in [-0.39, 0.29) is 6.42 Å². The molecule has 0 saturated heterocycles. The Kier molecular flexibility index (Phi) is 8.32. The molecule has 2 N–H and O–H groups in total. The van der Waals surface area contributed by atoms with Gasteiger partial charge in [0.05, 0.1) is 13.2 Å². The van der Waals surface area contributed by atoms with Crippen LogP contribution >= 0.6 is 0 Å². The number of nitrogens with zero attached hydrogens (tertiary/aromatic N) is 1. The zero-order chi connectivity index (χ0) is 19.5. The van der Waals surface area contributed by atoms with Crippen LogP contribution in [0.5, 0.6) is 0 Å². The molecule has 0 radical (unpaired) electrons. The van der Waals surface area contributed by atoms with E-state index in [2.05, 4.69) is 5.32 Å². The van der Waals surface area contributed by atoms with Crippen molar-refractivity contribution in [3.05, 3.63) is 71.8 Å². The zero-order valence-corrected chi connectivity index (χ0v) is 15.5. The molecule has 6 heteroatoms. The van der Waals surface area contributed by atoms with Crippen molar-refractivity contribution in [3.63, 3.8) is 0 Å². The van der Waals surface area contributed by atoms with Gasteiger partial charge < -0.3 is 20.1 Å². The molecule has 0 unspecified atom stereocenters. The smallest absolute Gasteiger partial charge is 0.326 e. The summed E-state index contributed by atoms with van der Waals surface area (Å²) in [6, 6.07) is 17.7. The highest BCUT2D eigenvalue weighted by Gasteiger charge is 2.22. The highest BCUT2D eigenvalue weighted by Crippen LogP contribution is 2.05. The summed E-state index contributed by atoms with van der Waals surface area (Å²) in [6.07, 6.45) is 0.240. The molecule has 144 valence electrons. The van der Waals surface area contributed by atoms with Gasteiger partial charge in [-0.3, -0.25) is 0 Å². The highest BCUT2D eigenvalue weighted by atomic mass is 16.5. The first-order valence-corrected chi connectivity index (χ1v) is 9.04. The molecule has 2 aromatic carbocycles. The molecule has 0 aromatic heterocycles. The summed E-state index contributed by atoms with van der Waals surface area (Å²) in [6.45, 7) is 3.58. The molecule has 0 heterocycles. The molecule has 0 fully saturated rings. The lowest BCUT2D eigenvalue weighted by Crippen LogP contribution is -2.49. The Bertz CT molecular complexity index is 707. The second kappa shape index (κ2) is 11.0. The topological polar surface area (TPSA) is 78.9 Å². The molecule has 0 aliphatic carbocycles. The van der Waals surface area contributed by atoms with Crippen molar-refractivity contribution in [1.29, 1.82) is 0 Å². The summed E-state index contributed by atoms with van der Waals surface area (Å²) in [4.78, 5) is 25.5. The number of nitrogens with one attached hydrogen (secondary N) is 1. The van der Waals surface area contributed by atoms with Crippen LogP contribution in [0.15, 0.2) is 60.7 Å². The number of benzene rings is 2. The average molecular weight is 370 g/mol. The number of likely N-dealkylation sites (N-methyl/N-ethyl adjacent to an activating group) is 1. The van der Waals surface area contributed by atoms with Gasteiger partial charge in [-0.15, -0.1) is 0 Å². The standard InChI is InChI=1S/C21H26N2O4/c1-2-23(13-14-27-16-18-11-7-4-8-12-18)21(26)22-19(20(24)25)15-17-9-5-3-6-10-17/h3-12,19H,2,13-16H2,1H3,(H,22,26)(H,24,25)/t19-/m0/s1. The quantitative estimate of drug-likeness (QED) is 0.630. The van der Waals surface area contributed by atoms with Gasteiger partial charge in [-0.05, 0) is 18.1 Å². The number of hydrogen-bond donors (Lipinski definition) is 2.